The SMILES string of the molecule is Cc1ccc(Sc2nccn2C)c(C#N)c1. The van der Waals surface area contributed by atoms with E-state index in [9.17, 15) is 0 Å². The van der Waals surface area contributed by atoms with Gasteiger partial charge in [-0.15, -0.1) is 0 Å². The molecule has 1 aromatic carbocycles. The van der Waals surface area contributed by atoms with E-state index in [2.05, 4.69) is 11.1 Å². The maximum atomic E-state index is 9.05. The first-order valence-corrected chi connectivity index (χ1v) is 5.68. The summed E-state index contributed by atoms with van der Waals surface area (Å²) in [6.07, 6.45) is 3.64. The normalized spacial score (nSPS) is 10.1. The summed E-state index contributed by atoms with van der Waals surface area (Å²) < 4.78 is 1.94. The van der Waals surface area contributed by atoms with Crippen LogP contribution in [0.25, 0.3) is 0 Å². The second kappa shape index (κ2) is 4.42. The lowest BCUT2D eigenvalue weighted by molar-refractivity contribution is 0.790. The van der Waals surface area contributed by atoms with Gasteiger partial charge >= 0.3 is 0 Å². The van der Waals surface area contributed by atoms with Crippen LogP contribution >= 0.6 is 11.8 Å². The number of nitriles is 1. The fraction of sp³-hybridized carbons (Fsp3) is 0.167. The maximum absolute atomic E-state index is 9.05. The van der Waals surface area contributed by atoms with Gasteiger partial charge in [0, 0.05) is 24.3 Å². The molecule has 1 heterocycles. The van der Waals surface area contributed by atoms with E-state index in [4.69, 9.17) is 5.26 Å². The van der Waals surface area contributed by atoms with Gasteiger partial charge in [0.2, 0.25) is 0 Å². The van der Waals surface area contributed by atoms with Crippen LogP contribution in [0.5, 0.6) is 0 Å². The molecule has 80 valence electrons. The molecule has 0 radical (unpaired) electrons. The van der Waals surface area contributed by atoms with Gasteiger partial charge in [0.15, 0.2) is 5.16 Å². The molecular weight excluding hydrogens is 218 g/mol. The molecule has 0 aliphatic carbocycles. The molecular formula is C12H11N3S. The molecule has 0 atom stereocenters. The molecule has 0 saturated heterocycles. The molecule has 3 nitrogen and oxygen atoms in total. The van der Waals surface area contributed by atoms with Gasteiger partial charge < -0.3 is 4.57 Å². The van der Waals surface area contributed by atoms with Crippen molar-refractivity contribution < 1.29 is 0 Å². The van der Waals surface area contributed by atoms with Crippen molar-refractivity contribution in [3.05, 3.63) is 41.7 Å². The Labute approximate surface area is 98.7 Å². The van der Waals surface area contributed by atoms with Crippen LogP contribution in [0.4, 0.5) is 0 Å². The molecule has 16 heavy (non-hydrogen) atoms. The highest BCUT2D eigenvalue weighted by atomic mass is 32.2. The van der Waals surface area contributed by atoms with Crippen molar-refractivity contribution in [3.8, 4) is 6.07 Å². The highest BCUT2D eigenvalue weighted by molar-refractivity contribution is 7.99. The van der Waals surface area contributed by atoms with E-state index in [1.54, 1.807) is 6.20 Å². The molecule has 2 aromatic rings. The minimum Gasteiger partial charge on any atom is -0.329 e. The van der Waals surface area contributed by atoms with E-state index in [1.807, 2.05) is 42.9 Å². The summed E-state index contributed by atoms with van der Waals surface area (Å²) in [6, 6.07) is 8.08. The van der Waals surface area contributed by atoms with Crippen molar-refractivity contribution >= 4 is 11.8 Å². The molecule has 2 rings (SSSR count). The summed E-state index contributed by atoms with van der Waals surface area (Å²) >= 11 is 1.51. The lowest BCUT2D eigenvalue weighted by Gasteiger charge is -2.04. The molecule has 0 fully saturated rings. The fourth-order valence-corrected chi connectivity index (χ4v) is 2.23. The number of aryl methyl sites for hydroxylation is 2. The summed E-state index contributed by atoms with van der Waals surface area (Å²) in [4.78, 5) is 5.17. The molecule has 1 aromatic heterocycles. The first kappa shape index (κ1) is 10.8. The molecule has 0 unspecified atom stereocenters. The number of hydrogen-bond donors (Lipinski definition) is 0. The average molecular weight is 229 g/mol. The topological polar surface area (TPSA) is 41.6 Å². The van der Waals surface area contributed by atoms with Gasteiger partial charge in [0.25, 0.3) is 0 Å². The number of hydrogen-bond acceptors (Lipinski definition) is 3. The van der Waals surface area contributed by atoms with Crippen LogP contribution in [-0.4, -0.2) is 9.55 Å². The van der Waals surface area contributed by atoms with Gasteiger partial charge in [0.05, 0.1) is 5.56 Å². The van der Waals surface area contributed by atoms with Gasteiger partial charge in [-0.05, 0) is 24.6 Å². The third-order valence-corrected chi connectivity index (χ3v) is 3.39. The van der Waals surface area contributed by atoms with Gasteiger partial charge in [-0.1, -0.05) is 17.8 Å². The van der Waals surface area contributed by atoms with Crippen LogP contribution in [-0.2, 0) is 7.05 Å². The van der Waals surface area contributed by atoms with Crippen LogP contribution in [0.1, 0.15) is 11.1 Å². The Bertz CT molecular complexity index is 552. The molecule has 0 saturated carbocycles. The van der Waals surface area contributed by atoms with Crippen molar-refractivity contribution in [2.45, 2.75) is 17.0 Å². The second-order valence-electron chi connectivity index (χ2n) is 3.53. The Balaban J connectivity index is 2.36. The Kier molecular flexibility index (Phi) is 2.97. The number of rotatable bonds is 2. The largest absolute Gasteiger partial charge is 0.329 e. The zero-order chi connectivity index (χ0) is 11.5. The predicted octanol–water partition coefficient (Wildman–Crippen LogP) is 2.75. The standard InChI is InChI=1S/C12H11N3S/c1-9-3-4-11(10(7-9)8-13)16-12-14-5-6-15(12)2/h3-7H,1-2H3. The molecule has 0 bridgehead atoms. The summed E-state index contributed by atoms with van der Waals surface area (Å²) in [6.45, 7) is 1.98. The van der Waals surface area contributed by atoms with E-state index < -0.39 is 0 Å². The highest BCUT2D eigenvalue weighted by Crippen LogP contribution is 2.29. The lowest BCUT2D eigenvalue weighted by atomic mass is 10.2. The summed E-state index contributed by atoms with van der Waals surface area (Å²) in [7, 11) is 1.94. The minimum atomic E-state index is 0.702. The van der Waals surface area contributed by atoms with Gasteiger partial charge in [-0.2, -0.15) is 5.26 Å². The third-order valence-electron chi connectivity index (χ3n) is 2.23. The van der Waals surface area contributed by atoms with Crippen molar-refractivity contribution in [1.29, 1.82) is 5.26 Å². The Hall–Kier alpha value is -1.73. The third kappa shape index (κ3) is 2.10. The highest BCUT2D eigenvalue weighted by Gasteiger charge is 2.07. The first-order chi connectivity index (χ1) is 7.70. The Morgan fingerprint density at radius 3 is 2.88 bits per heavy atom. The molecule has 4 heteroatoms. The van der Waals surface area contributed by atoms with Gasteiger partial charge in [-0.3, -0.25) is 0 Å². The van der Waals surface area contributed by atoms with Crippen molar-refractivity contribution in [2.24, 2.45) is 7.05 Å². The number of benzene rings is 1. The van der Waals surface area contributed by atoms with Crippen LogP contribution in [0, 0.1) is 18.3 Å². The zero-order valence-corrected chi connectivity index (χ0v) is 9.95. The quantitative estimate of drug-likeness (QED) is 0.795. The predicted molar refractivity (Wildman–Crippen MR) is 63.2 cm³/mol. The number of imidazole rings is 1. The monoisotopic (exact) mass is 229 g/mol. The van der Waals surface area contributed by atoms with E-state index in [0.29, 0.717) is 5.56 Å². The summed E-state index contributed by atoms with van der Waals surface area (Å²) in [5, 5.41) is 9.94. The van der Waals surface area contributed by atoms with Gasteiger partial charge in [-0.25, -0.2) is 4.98 Å². The zero-order valence-electron chi connectivity index (χ0n) is 9.14. The molecule has 0 aliphatic rings. The van der Waals surface area contributed by atoms with Crippen molar-refractivity contribution in [1.82, 2.24) is 9.55 Å². The molecule has 0 N–H and O–H groups in total. The lowest BCUT2D eigenvalue weighted by Crippen LogP contribution is -1.90. The first-order valence-electron chi connectivity index (χ1n) is 4.86. The smallest absolute Gasteiger partial charge is 0.172 e. The fourth-order valence-electron chi connectivity index (χ4n) is 1.37. The Morgan fingerprint density at radius 1 is 1.44 bits per heavy atom. The second-order valence-corrected chi connectivity index (χ2v) is 4.54. The number of aromatic nitrogens is 2. The summed E-state index contributed by atoms with van der Waals surface area (Å²) in [5.41, 5.74) is 1.80. The van der Waals surface area contributed by atoms with Crippen molar-refractivity contribution in [2.75, 3.05) is 0 Å². The van der Waals surface area contributed by atoms with Crippen LogP contribution in [0.15, 0.2) is 40.6 Å². The maximum Gasteiger partial charge on any atom is 0.172 e. The molecule has 0 aliphatic heterocycles. The minimum absolute atomic E-state index is 0.702. The van der Waals surface area contributed by atoms with Gasteiger partial charge in [0.1, 0.15) is 6.07 Å². The van der Waals surface area contributed by atoms with Crippen LogP contribution < -0.4 is 0 Å². The van der Waals surface area contributed by atoms with Crippen LogP contribution in [0.2, 0.25) is 0 Å². The van der Waals surface area contributed by atoms with E-state index in [0.717, 1.165) is 15.6 Å². The molecule has 0 amide bonds. The molecule has 0 spiro atoms. The van der Waals surface area contributed by atoms with E-state index >= 15 is 0 Å². The van der Waals surface area contributed by atoms with Crippen LogP contribution in [0.3, 0.4) is 0 Å². The van der Waals surface area contributed by atoms with E-state index in [1.165, 1.54) is 11.8 Å². The summed E-state index contributed by atoms with van der Waals surface area (Å²) in [5.74, 6) is 0. The Morgan fingerprint density at radius 2 is 2.25 bits per heavy atom. The van der Waals surface area contributed by atoms with E-state index in [-0.39, 0.29) is 0 Å². The van der Waals surface area contributed by atoms with Crippen molar-refractivity contribution in [3.63, 3.8) is 0 Å². The number of nitrogens with zero attached hydrogens (tertiary/aromatic N) is 3. The average Bonchev–Trinajstić information content (AvgIpc) is 2.67.